The third-order valence-electron chi connectivity index (χ3n) is 6.68. The minimum Gasteiger partial charge on any atom is -0.451 e. The van der Waals surface area contributed by atoms with Crippen molar-refractivity contribution in [1.82, 2.24) is 20.3 Å². The first-order chi connectivity index (χ1) is 19.2. The molecule has 10 heteroatoms. The van der Waals surface area contributed by atoms with Gasteiger partial charge >= 0.3 is 0 Å². The lowest BCUT2D eigenvalue weighted by molar-refractivity contribution is 0.0951. The van der Waals surface area contributed by atoms with Crippen LogP contribution in [0.1, 0.15) is 35.5 Å². The van der Waals surface area contributed by atoms with E-state index in [2.05, 4.69) is 48.4 Å². The lowest BCUT2D eigenvalue weighted by Gasteiger charge is -2.22. The molecule has 0 aliphatic rings. The molecule has 0 saturated heterocycles. The number of anilines is 2. The van der Waals surface area contributed by atoms with Crippen LogP contribution in [-0.4, -0.2) is 39.1 Å². The highest BCUT2D eigenvalue weighted by atomic mass is 35.5. The molecule has 0 saturated carbocycles. The summed E-state index contributed by atoms with van der Waals surface area (Å²) in [5.74, 6) is 0.251. The third-order valence-corrected chi connectivity index (χ3v) is 7.14. The van der Waals surface area contributed by atoms with Crippen molar-refractivity contribution in [3.05, 3.63) is 88.6 Å². The Morgan fingerprint density at radius 2 is 1.65 bits per heavy atom. The number of hydrogen-bond donors (Lipinski definition) is 2. The number of thiocarbonyl (C=S) groups is 1. The maximum Gasteiger partial charge on any atom is 0.293 e. The van der Waals surface area contributed by atoms with Crippen LogP contribution in [0.15, 0.2) is 71.1 Å². The van der Waals surface area contributed by atoms with E-state index in [1.165, 1.54) is 5.69 Å². The molecule has 1 amide bonds. The van der Waals surface area contributed by atoms with E-state index in [9.17, 15) is 4.79 Å². The second-order valence-electron chi connectivity index (χ2n) is 9.37. The van der Waals surface area contributed by atoms with Crippen LogP contribution in [0.4, 0.5) is 11.4 Å². The molecule has 3 aromatic carbocycles. The van der Waals surface area contributed by atoms with Crippen LogP contribution in [0.5, 0.6) is 0 Å². The van der Waals surface area contributed by atoms with E-state index in [1.807, 2.05) is 37.3 Å². The van der Waals surface area contributed by atoms with Crippen molar-refractivity contribution in [2.45, 2.75) is 27.7 Å². The van der Waals surface area contributed by atoms with Gasteiger partial charge in [-0.05, 0) is 118 Å². The zero-order valence-corrected chi connectivity index (χ0v) is 24.2. The van der Waals surface area contributed by atoms with Crippen LogP contribution < -0.4 is 15.5 Å². The highest BCUT2D eigenvalue weighted by Crippen LogP contribution is 2.26. The molecule has 0 unspecified atom stereocenters. The average Bonchev–Trinajstić information content (AvgIpc) is 3.58. The number of fused-ring (bicyclic) bond motifs is 1. The summed E-state index contributed by atoms with van der Waals surface area (Å²) in [4.78, 5) is 16.7. The largest absolute Gasteiger partial charge is 0.451 e. The maximum absolute atomic E-state index is 12.8. The Labute approximate surface area is 242 Å². The predicted molar refractivity (Wildman–Crippen MR) is 165 cm³/mol. The first-order valence-electron chi connectivity index (χ1n) is 13.0. The first-order valence-corrected chi connectivity index (χ1v) is 13.8. The highest BCUT2D eigenvalue weighted by Gasteiger charge is 2.16. The van der Waals surface area contributed by atoms with Crippen molar-refractivity contribution < 1.29 is 9.21 Å². The fourth-order valence-electron chi connectivity index (χ4n) is 4.51. The second kappa shape index (κ2) is 11.5. The number of hydrogen-bond acceptors (Lipinski definition) is 6. The number of aromatic nitrogens is 3. The van der Waals surface area contributed by atoms with E-state index in [4.69, 9.17) is 38.4 Å². The van der Waals surface area contributed by atoms with Crippen LogP contribution in [0.2, 0.25) is 5.02 Å². The minimum absolute atomic E-state index is 0.145. The number of nitrogens with one attached hydrogen (secondary N) is 2. The molecule has 40 heavy (non-hydrogen) atoms. The van der Waals surface area contributed by atoms with Gasteiger partial charge in [-0.2, -0.15) is 4.80 Å². The smallest absolute Gasteiger partial charge is 0.293 e. The standard InChI is InChI=1S/C30H29ClN6O2S/c1-5-36(6-2)22-11-12-26(19(4)15-22)37-34-24-16-18(3)23(17-25(24)35-37)32-30(40)33-29(38)28-14-13-27(39-28)20-7-9-21(31)10-8-20/h7-17H,5-6H2,1-4H3,(H2,32,33,38,40). The second-order valence-corrected chi connectivity index (χ2v) is 10.2. The first kappa shape index (κ1) is 27.4. The van der Waals surface area contributed by atoms with Crippen molar-refractivity contribution >= 4 is 57.2 Å². The quantitative estimate of drug-likeness (QED) is 0.205. The van der Waals surface area contributed by atoms with Crippen LogP contribution in [0, 0.1) is 13.8 Å². The van der Waals surface area contributed by atoms with E-state index in [0.717, 1.165) is 46.7 Å². The van der Waals surface area contributed by atoms with Gasteiger partial charge in [-0.15, -0.1) is 10.2 Å². The molecule has 0 fully saturated rings. The topological polar surface area (TPSA) is 88.2 Å². The average molecular weight is 573 g/mol. The molecule has 5 aromatic rings. The van der Waals surface area contributed by atoms with Gasteiger partial charge in [-0.1, -0.05) is 11.6 Å². The minimum atomic E-state index is -0.453. The molecule has 0 spiro atoms. The molecule has 0 atom stereocenters. The van der Waals surface area contributed by atoms with Gasteiger partial charge in [-0.25, -0.2) is 0 Å². The lowest BCUT2D eigenvalue weighted by Crippen LogP contribution is -2.34. The Morgan fingerprint density at radius 3 is 2.33 bits per heavy atom. The van der Waals surface area contributed by atoms with Crippen molar-refractivity contribution in [3.8, 4) is 17.0 Å². The maximum atomic E-state index is 12.8. The number of furan rings is 1. The number of rotatable bonds is 7. The fourth-order valence-corrected chi connectivity index (χ4v) is 4.84. The molecule has 0 bridgehead atoms. The summed E-state index contributed by atoms with van der Waals surface area (Å²) >= 11 is 11.4. The van der Waals surface area contributed by atoms with Crippen LogP contribution >= 0.6 is 23.8 Å². The molecule has 0 radical (unpaired) electrons. The zero-order valence-electron chi connectivity index (χ0n) is 22.7. The lowest BCUT2D eigenvalue weighted by atomic mass is 10.1. The summed E-state index contributed by atoms with van der Waals surface area (Å²) in [6.45, 7) is 10.2. The van der Waals surface area contributed by atoms with E-state index in [0.29, 0.717) is 16.3 Å². The fraction of sp³-hybridized carbons (Fsp3) is 0.200. The highest BCUT2D eigenvalue weighted by molar-refractivity contribution is 7.80. The Balaban J connectivity index is 1.30. The number of benzene rings is 3. The normalized spacial score (nSPS) is 11.0. The Morgan fingerprint density at radius 1 is 0.950 bits per heavy atom. The van der Waals surface area contributed by atoms with Gasteiger partial charge in [0.2, 0.25) is 0 Å². The van der Waals surface area contributed by atoms with Crippen LogP contribution in [0.3, 0.4) is 0 Å². The molecule has 2 N–H and O–H groups in total. The van der Waals surface area contributed by atoms with Gasteiger partial charge in [0.15, 0.2) is 10.9 Å². The van der Waals surface area contributed by atoms with Crippen LogP contribution in [0.25, 0.3) is 28.0 Å². The molecular weight excluding hydrogens is 544 g/mol. The summed E-state index contributed by atoms with van der Waals surface area (Å²) in [7, 11) is 0. The predicted octanol–water partition coefficient (Wildman–Crippen LogP) is 6.92. The van der Waals surface area contributed by atoms with Crippen LogP contribution in [-0.2, 0) is 0 Å². The number of nitrogens with zero attached hydrogens (tertiary/aromatic N) is 4. The summed E-state index contributed by atoms with van der Waals surface area (Å²) in [5.41, 5.74) is 7.09. The summed E-state index contributed by atoms with van der Waals surface area (Å²) < 4.78 is 5.73. The Hall–Kier alpha value is -4.21. The molecule has 204 valence electrons. The number of carbonyl (C=O) groups excluding carboxylic acids is 1. The number of aryl methyl sites for hydroxylation is 2. The van der Waals surface area contributed by atoms with Gasteiger partial charge in [0.25, 0.3) is 5.91 Å². The molecule has 8 nitrogen and oxygen atoms in total. The van der Waals surface area contributed by atoms with Gasteiger partial charge in [0.1, 0.15) is 16.8 Å². The Kier molecular flexibility index (Phi) is 7.86. The van der Waals surface area contributed by atoms with Crippen molar-refractivity contribution in [1.29, 1.82) is 0 Å². The van der Waals surface area contributed by atoms with E-state index >= 15 is 0 Å². The summed E-state index contributed by atoms with van der Waals surface area (Å²) in [6.07, 6.45) is 0. The van der Waals surface area contributed by atoms with E-state index < -0.39 is 5.91 Å². The van der Waals surface area contributed by atoms with Gasteiger partial charge in [0.05, 0.1) is 5.69 Å². The number of amides is 1. The number of carbonyl (C=O) groups is 1. The SMILES string of the molecule is CCN(CC)c1ccc(-n2nc3cc(C)c(NC(=S)NC(=O)c4ccc(-c5ccc(Cl)cc5)o4)cc3n2)c(C)c1. The Bertz CT molecular complexity index is 1710. The summed E-state index contributed by atoms with van der Waals surface area (Å²) in [6, 6.07) is 20.6. The summed E-state index contributed by atoms with van der Waals surface area (Å²) in [5, 5.41) is 16.0. The van der Waals surface area contributed by atoms with Gasteiger partial charge in [0, 0.05) is 35.1 Å². The molecule has 2 aromatic heterocycles. The van der Waals surface area contributed by atoms with Crippen molar-refractivity contribution in [3.63, 3.8) is 0 Å². The van der Waals surface area contributed by atoms with Gasteiger partial charge < -0.3 is 14.6 Å². The monoisotopic (exact) mass is 572 g/mol. The number of halogens is 1. The van der Waals surface area contributed by atoms with Crippen molar-refractivity contribution in [2.24, 2.45) is 0 Å². The molecule has 0 aliphatic carbocycles. The van der Waals surface area contributed by atoms with E-state index in [-0.39, 0.29) is 10.9 Å². The van der Waals surface area contributed by atoms with Gasteiger partial charge in [-0.3, -0.25) is 10.1 Å². The third kappa shape index (κ3) is 5.71. The molecular formula is C30H29ClN6O2S. The molecule has 5 rings (SSSR count). The van der Waals surface area contributed by atoms with E-state index in [1.54, 1.807) is 29.1 Å². The molecule has 2 heterocycles. The van der Waals surface area contributed by atoms with Crippen molar-refractivity contribution in [2.75, 3.05) is 23.3 Å². The zero-order chi connectivity index (χ0) is 28.4. The molecule has 0 aliphatic heterocycles.